The SMILES string of the molecule is O=C(NCc1cccc(OC(F)(F)F)c1)c1nc(-c2cc(Br)c(O)c(Br)c2)no1. The molecular formula is C17H10Br2F3N3O4. The van der Waals surface area contributed by atoms with Gasteiger partial charge in [-0.05, 0) is 61.7 Å². The van der Waals surface area contributed by atoms with Crippen LogP contribution < -0.4 is 10.1 Å². The summed E-state index contributed by atoms with van der Waals surface area (Å²) >= 11 is 6.36. The van der Waals surface area contributed by atoms with E-state index in [1.54, 1.807) is 12.1 Å². The summed E-state index contributed by atoms with van der Waals surface area (Å²) in [5.41, 5.74) is 0.854. The minimum absolute atomic E-state index is 0.00746. The fourth-order valence-corrected chi connectivity index (χ4v) is 3.42. The van der Waals surface area contributed by atoms with E-state index in [0.29, 0.717) is 20.1 Å². The van der Waals surface area contributed by atoms with Crippen LogP contribution in [0.15, 0.2) is 49.9 Å². The molecule has 0 unspecified atom stereocenters. The summed E-state index contributed by atoms with van der Waals surface area (Å²) in [5.74, 6) is -1.33. The predicted molar refractivity (Wildman–Crippen MR) is 101 cm³/mol. The van der Waals surface area contributed by atoms with E-state index in [1.165, 1.54) is 12.1 Å². The number of hydrogen-bond acceptors (Lipinski definition) is 6. The molecule has 0 atom stereocenters. The second-order valence-electron chi connectivity index (χ2n) is 5.59. The molecule has 12 heteroatoms. The Morgan fingerprint density at radius 1 is 1.21 bits per heavy atom. The number of halogens is 5. The molecule has 1 amide bonds. The van der Waals surface area contributed by atoms with Crippen molar-refractivity contribution in [2.75, 3.05) is 0 Å². The van der Waals surface area contributed by atoms with Crippen molar-refractivity contribution in [2.45, 2.75) is 12.9 Å². The lowest BCUT2D eigenvalue weighted by molar-refractivity contribution is -0.274. The van der Waals surface area contributed by atoms with Crippen LogP contribution in [0.25, 0.3) is 11.4 Å². The van der Waals surface area contributed by atoms with Crippen molar-refractivity contribution in [3.8, 4) is 22.9 Å². The molecule has 2 N–H and O–H groups in total. The molecular weight excluding hydrogens is 527 g/mol. The molecule has 3 rings (SSSR count). The number of carbonyl (C=O) groups excluding carboxylic acids is 1. The van der Waals surface area contributed by atoms with Crippen molar-refractivity contribution in [3.63, 3.8) is 0 Å². The first-order valence-corrected chi connectivity index (χ1v) is 9.36. The van der Waals surface area contributed by atoms with Crippen LogP contribution in [-0.4, -0.2) is 27.5 Å². The van der Waals surface area contributed by atoms with Crippen LogP contribution in [0, 0.1) is 0 Å². The van der Waals surface area contributed by atoms with Crippen LogP contribution in [0.1, 0.15) is 16.2 Å². The zero-order valence-electron chi connectivity index (χ0n) is 14.1. The van der Waals surface area contributed by atoms with Gasteiger partial charge in [0, 0.05) is 12.1 Å². The van der Waals surface area contributed by atoms with Gasteiger partial charge in [-0.25, -0.2) is 0 Å². The molecule has 2 aromatic carbocycles. The topological polar surface area (TPSA) is 97.5 Å². The second kappa shape index (κ2) is 8.41. The predicted octanol–water partition coefficient (Wildman–Crippen LogP) is 4.80. The molecule has 7 nitrogen and oxygen atoms in total. The third kappa shape index (κ3) is 5.48. The Balaban J connectivity index is 1.68. The Kier molecular flexibility index (Phi) is 6.13. The average Bonchev–Trinajstić information content (AvgIpc) is 3.13. The molecule has 0 spiro atoms. The van der Waals surface area contributed by atoms with Gasteiger partial charge in [-0.3, -0.25) is 4.79 Å². The average molecular weight is 537 g/mol. The molecule has 3 aromatic rings. The molecule has 1 heterocycles. The van der Waals surface area contributed by atoms with Crippen molar-refractivity contribution >= 4 is 37.8 Å². The molecule has 0 aliphatic heterocycles. The summed E-state index contributed by atoms with van der Waals surface area (Å²) < 4.78 is 46.4. The van der Waals surface area contributed by atoms with Crippen LogP contribution >= 0.6 is 31.9 Å². The summed E-state index contributed by atoms with van der Waals surface area (Å²) in [6, 6.07) is 8.27. The van der Waals surface area contributed by atoms with Gasteiger partial charge in [-0.15, -0.1) is 13.2 Å². The van der Waals surface area contributed by atoms with Gasteiger partial charge in [0.25, 0.3) is 0 Å². The number of ether oxygens (including phenoxy) is 1. The lowest BCUT2D eigenvalue weighted by atomic mass is 10.2. The van der Waals surface area contributed by atoms with E-state index in [-0.39, 0.29) is 24.0 Å². The maximum atomic E-state index is 12.3. The Morgan fingerprint density at radius 2 is 1.90 bits per heavy atom. The molecule has 1 aromatic heterocycles. The van der Waals surface area contributed by atoms with Crippen LogP contribution in [0.5, 0.6) is 11.5 Å². The molecule has 0 aliphatic carbocycles. The fraction of sp³-hybridized carbons (Fsp3) is 0.118. The summed E-state index contributed by atoms with van der Waals surface area (Å²) in [4.78, 5) is 16.2. The summed E-state index contributed by atoms with van der Waals surface area (Å²) in [6.07, 6.45) is -4.81. The van der Waals surface area contributed by atoms with E-state index in [1.807, 2.05) is 0 Å². The summed E-state index contributed by atoms with van der Waals surface area (Å²) in [7, 11) is 0. The van der Waals surface area contributed by atoms with Gasteiger partial charge in [0.05, 0.1) is 8.95 Å². The largest absolute Gasteiger partial charge is 0.573 e. The van der Waals surface area contributed by atoms with E-state index in [4.69, 9.17) is 4.52 Å². The van der Waals surface area contributed by atoms with Gasteiger partial charge >= 0.3 is 18.2 Å². The molecule has 0 radical (unpaired) electrons. The Bertz CT molecular complexity index is 1030. The third-order valence-corrected chi connectivity index (χ3v) is 4.69. The first kappa shape index (κ1) is 21.1. The minimum atomic E-state index is -4.81. The Hall–Kier alpha value is -2.60. The number of alkyl halides is 3. The van der Waals surface area contributed by atoms with Gasteiger partial charge in [0.15, 0.2) is 0 Å². The van der Waals surface area contributed by atoms with Gasteiger partial charge in [0.2, 0.25) is 5.82 Å². The first-order valence-electron chi connectivity index (χ1n) is 7.77. The molecule has 0 aliphatic rings. The fourth-order valence-electron chi connectivity index (χ4n) is 2.24. The number of phenols is 1. The highest BCUT2D eigenvalue weighted by atomic mass is 79.9. The van der Waals surface area contributed by atoms with E-state index in [2.05, 4.69) is 52.1 Å². The number of aromatic nitrogens is 2. The van der Waals surface area contributed by atoms with Gasteiger partial charge in [-0.2, -0.15) is 4.98 Å². The van der Waals surface area contributed by atoms with Gasteiger partial charge in [0.1, 0.15) is 11.5 Å². The van der Waals surface area contributed by atoms with Crippen molar-refractivity contribution in [1.29, 1.82) is 0 Å². The monoisotopic (exact) mass is 535 g/mol. The number of carbonyl (C=O) groups is 1. The number of hydrogen-bond donors (Lipinski definition) is 2. The summed E-state index contributed by atoms with van der Waals surface area (Å²) in [5, 5.41) is 15.9. The number of nitrogens with one attached hydrogen (secondary N) is 1. The number of benzene rings is 2. The van der Waals surface area contributed by atoms with Crippen molar-refractivity contribution in [2.24, 2.45) is 0 Å². The first-order chi connectivity index (χ1) is 13.6. The number of amides is 1. The molecule has 0 saturated heterocycles. The smallest absolute Gasteiger partial charge is 0.506 e. The maximum Gasteiger partial charge on any atom is 0.573 e. The molecule has 152 valence electrons. The van der Waals surface area contributed by atoms with Crippen molar-refractivity contribution in [3.05, 3.63) is 56.8 Å². The number of rotatable bonds is 5. The minimum Gasteiger partial charge on any atom is -0.506 e. The zero-order valence-corrected chi connectivity index (χ0v) is 17.3. The van der Waals surface area contributed by atoms with Crippen LogP contribution in [-0.2, 0) is 6.54 Å². The van der Waals surface area contributed by atoms with Crippen LogP contribution in [0.3, 0.4) is 0 Å². The molecule has 0 saturated carbocycles. The Morgan fingerprint density at radius 3 is 2.55 bits per heavy atom. The van der Waals surface area contributed by atoms with Crippen LogP contribution in [0.2, 0.25) is 0 Å². The Labute approximate surface area is 178 Å². The molecule has 29 heavy (non-hydrogen) atoms. The standard InChI is InChI=1S/C17H10Br2F3N3O4/c18-11-5-9(6-12(19)13(11)26)14-24-16(29-25-14)15(27)23-7-8-2-1-3-10(4-8)28-17(20,21)22/h1-6,26H,7H2,(H,23,27). The van der Waals surface area contributed by atoms with E-state index in [9.17, 15) is 23.1 Å². The highest BCUT2D eigenvalue weighted by molar-refractivity contribution is 9.11. The van der Waals surface area contributed by atoms with Crippen molar-refractivity contribution < 1.29 is 32.3 Å². The normalized spacial score (nSPS) is 11.3. The molecule has 0 fully saturated rings. The lowest BCUT2D eigenvalue weighted by Gasteiger charge is -2.10. The number of phenolic OH excluding ortho intramolecular Hbond substituents is 1. The molecule has 0 bridgehead atoms. The highest BCUT2D eigenvalue weighted by Gasteiger charge is 2.31. The van der Waals surface area contributed by atoms with Gasteiger partial charge in [-0.1, -0.05) is 17.3 Å². The van der Waals surface area contributed by atoms with Gasteiger partial charge < -0.3 is 19.7 Å². The van der Waals surface area contributed by atoms with Crippen LogP contribution in [0.4, 0.5) is 13.2 Å². The maximum absolute atomic E-state index is 12.3. The number of aromatic hydroxyl groups is 1. The van der Waals surface area contributed by atoms with E-state index >= 15 is 0 Å². The quantitative estimate of drug-likeness (QED) is 0.486. The van der Waals surface area contributed by atoms with E-state index in [0.717, 1.165) is 12.1 Å². The number of nitrogens with zero attached hydrogens (tertiary/aromatic N) is 2. The lowest BCUT2D eigenvalue weighted by Crippen LogP contribution is -2.23. The van der Waals surface area contributed by atoms with Crippen molar-refractivity contribution in [1.82, 2.24) is 15.5 Å². The second-order valence-corrected chi connectivity index (χ2v) is 7.30. The van der Waals surface area contributed by atoms with E-state index < -0.39 is 18.0 Å². The third-order valence-electron chi connectivity index (χ3n) is 3.48. The summed E-state index contributed by atoms with van der Waals surface area (Å²) in [6.45, 7) is -0.0814. The highest BCUT2D eigenvalue weighted by Crippen LogP contribution is 2.36. The zero-order chi connectivity index (χ0) is 21.2.